The smallest absolute Gasteiger partial charge is 0.241 e. The third kappa shape index (κ3) is 2.88. The zero-order chi connectivity index (χ0) is 14.9. The van der Waals surface area contributed by atoms with Gasteiger partial charge in [0.2, 0.25) is 5.91 Å². The Kier molecular flexibility index (Phi) is 4.78. The lowest BCUT2D eigenvalue weighted by Crippen LogP contribution is -2.51. The van der Waals surface area contributed by atoms with E-state index in [4.69, 9.17) is 0 Å². The van der Waals surface area contributed by atoms with Crippen molar-refractivity contribution < 1.29 is 4.79 Å². The number of hydrogen-bond donors (Lipinski definition) is 1. The first-order valence-corrected chi connectivity index (χ1v) is 8.46. The van der Waals surface area contributed by atoms with E-state index in [1.54, 1.807) is 0 Å². The molecule has 1 saturated carbocycles. The van der Waals surface area contributed by atoms with Gasteiger partial charge in [0.1, 0.15) is 0 Å². The van der Waals surface area contributed by atoms with Gasteiger partial charge in [0.25, 0.3) is 0 Å². The van der Waals surface area contributed by atoms with Crippen LogP contribution in [0.15, 0.2) is 0 Å². The third-order valence-electron chi connectivity index (χ3n) is 5.24. The highest BCUT2D eigenvalue weighted by Gasteiger charge is 2.49. The Balaban J connectivity index is 2.17. The first-order valence-electron chi connectivity index (χ1n) is 8.46. The van der Waals surface area contributed by atoms with Crippen LogP contribution in [0.5, 0.6) is 0 Å². The summed E-state index contributed by atoms with van der Waals surface area (Å²) in [6.45, 7) is 11.3. The molecule has 20 heavy (non-hydrogen) atoms. The molecule has 0 bridgehead atoms. The summed E-state index contributed by atoms with van der Waals surface area (Å²) in [6.07, 6.45) is 7.18. The fourth-order valence-electron chi connectivity index (χ4n) is 3.97. The molecule has 3 atom stereocenters. The Bertz CT molecular complexity index is 351. The van der Waals surface area contributed by atoms with E-state index in [1.807, 2.05) is 0 Å². The van der Waals surface area contributed by atoms with Crippen molar-refractivity contribution in [3.05, 3.63) is 0 Å². The molecule has 3 unspecified atom stereocenters. The molecule has 0 aromatic carbocycles. The predicted octanol–water partition coefficient (Wildman–Crippen LogP) is 3.54. The molecule has 1 N–H and O–H groups in total. The lowest BCUT2D eigenvalue weighted by atomic mass is 9.85. The van der Waals surface area contributed by atoms with E-state index in [9.17, 15) is 4.79 Å². The number of carbonyl (C=O) groups excluding carboxylic acids is 1. The summed E-state index contributed by atoms with van der Waals surface area (Å²) in [5, 5.41) is 3.62. The Labute approximate surface area is 124 Å². The standard InChI is InChI=1S/C17H32N2O/c1-6-7-9-13-16(20)19(15(18-13)12(2)3)14-10-8-11-17(14,4)5/h12-15,18H,6-11H2,1-5H3. The summed E-state index contributed by atoms with van der Waals surface area (Å²) < 4.78 is 0. The van der Waals surface area contributed by atoms with E-state index in [2.05, 4.69) is 44.8 Å². The van der Waals surface area contributed by atoms with Gasteiger partial charge in [-0.2, -0.15) is 0 Å². The van der Waals surface area contributed by atoms with E-state index < -0.39 is 0 Å². The minimum absolute atomic E-state index is 0.0544. The molecule has 2 rings (SSSR count). The molecule has 1 amide bonds. The molecular weight excluding hydrogens is 248 g/mol. The second kappa shape index (κ2) is 6.05. The van der Waals surface area contributed by atoms with Crippen molar-refractivity contribution in [3.8, 4) is 0 Å². The average Bonchev–Trinajstić information content (AvgIpc) is 2.87. The van der Waals surface area contributed by atoms with Crippen LogP contribution in [-0.2, 0) is 4.79 Å². The van der Waals surface area contributed by atoms with E-state index in [1.165, 1.54) is 19.3 Å². The Morgan fingerprint density at radius 1 is 1.40 bits per heavy atom. The Morgan fingerprint density at radius 2 is 2.10 bits per heavy atom. The van der Waals surface area contributed by atoms with Crippen LogP contribution in [0.2, 0.25) is 0 Å². The lowest BCUT2D eigenvalue weighted by Gasteiger charge is -2.39. The van der Waals surface area contributed by atoms with Crippen LogP contribution in [0.1, 0.15) is 73.1 Å². The molecule has 2 fully saturated rings. The molecule has 1 aliphatic carbocycles. The molecule has 1 heterocycles. The monoisotopic (exact) mass is 280 g/mol. The van der Waals surface area contributed by atoms with Crippen LogP contribution in [-0.4, -0.2) is 29.1 Å². The molecule has 0 aromatic heterocycles. The average molecular weight is 280 g/mol. The van der Waals surface area contributed by atoms with Crippen LogP contribution in [0.25, 0.3) is 0 Å². The maximum absolute atomic E-state index is 12.9. The normalized spacial score (nSPS) is 33.4. The molecule has 1 saturated heterocycles. The fraction of sp³-hybridized carbons (Fsp3) is 0.941. The summed E-state index contributed by atoms with van der Waals surface area (Å²) in [6, 6.07) is 0.472. The summed E-state index contributed by atoms with van der Waals surface area (Å²) >= 11 is 0. The van der Waals surface area contributed by atoms with Gasteiger partial charge in [-0.3, -0.25) is 10.1 Å². The van der Waals surface area contributed by atoms with Crippen LogP contribution < -0.4 is 5.32 Å². The predicted molar refractivity (Wildman–Crippen MR) is 83.3 cm³/mol. The van der Waals surface area contributed by atoms with Crippen LogP contribution in [0.3, 0.4) is 0 Å². The molecule has 2 aliphatic rings. The molecular formula is C17H32N2O. The highest BCUT2D eigenvalue weighted by molar-refractivity contribution is 5.84. The SMILES string of the molecule is CCCCC1NC(C(C)C)N(C2CCCC2(C)C)C1=O. The summed E-state index contributed by atoms with van der Waals surface area (Å²) in [4.78, 5) is 15.1. The van der Waals surface area contributed by atoms with Crippen molar-refractivity contribution in [2.24, 2.45) is 11.3 Å². The zero-order valence-electron chi connectivity index (χ0n) is 13.9. The molecule has 1 aliphatic heterocycles. The maximum atomic E-state index is 12.9. The highest BCUT2D eigenvalue weighted by atomic mass is 16.2. The van der Waals surface area contributed by atoms with Crippen molar-refractivity contribution in [1.82, 2.24) is 10.2 Å². The van der Waals surface area contributed by atoms with Crippen molar-refractivity contribution >= 4 is 5.91 Å². The topological polar surface area (TPSA) is 32.3 Å². The number of nitrogens with one attached hydrogen (secondary N) is 1. The zero-order valence-corrected chi connectivity index (χ0v) is 13.9. The molecule has 3 nitrogen and oxygen atoms in total. The molecule has 0 radical (unpaired) electrons. The number of hydrogen-bond acceptors (Lipinski definition) is 2. The van der Waals surface area contributed by atoms with E-state index in [0.717, 1.165) is 19.3 Å². The van der Waals surface area contributed by atoms with Gasteiger partial charge in [0.15, 0.2) is 0 Å². The summed E-state index contributed by atoms with van der Waals surface area (Å²) in [5.74, 6) is 0.833. The number of amides is 1. The van der Waals surface area contributed by atoms with Gasteiger partial charge in [0.05, 0.1) is 12.2 Å². The first-order chi connectivity index (χ1) is 9.38. The minimum Gasteiger partial charge on any atom is -0.322 e. The Morgan fingerprint density at radius 3 is 2.60 bits per heavy atom. The maximum Gasteiger partial charge on any atom is 0.241 e. The number of rotatable bonds is 5. The second-order valence-corrected chi connectivity index (χ2v) is 7.69. The van der Waals surface area contributed by atoms with E-state index in [-0.39, 0.29) is 17.6 Å². The first kappa shape index (κ1) is 15.8. The van der Waals surface area contributed by atoms with Gasteiger partial charge in [-0.1, -0.05) is 53.9 Å². The number of carbonyl (C=O) groups is 1. The lowest BCUT2D eigenvalue weighted by molar-refractivity contribution is -0.135. The summed E-state index contributed by atoms with van der Waals surface area (Å²) in [7, 11) is 0. The van der Waals surface area contributed by atoms with Crippen molar-refractivity contribution in [2.45, 2.75) is 91.4 Å². The van der Waals surface area contributed by atoms with Crippen molar-refractivity contribution in [2.75, 3.05) is 0 Å². The van der Waals surface area contributed by atoms with Gasteiger partial charge in [-0.05, 0) is 30.6 Å². The van der Waals surface area contributed by atoms with Crippen LogP contribution >= 0.6 is 0 Å². The van der Waals surface area contributed by atoms with Crippen molar-refractivity contribution in [1.29, 1.82) is 0 Å². The van der Waals surface area contributed by atoms with Gasteiger partial charge in [-0.15, -0.1) is 0 Å². The van der Waals surface area contributed by atoms with Crippen LogP contribution in [0.4, 0.5) is 0 Å². The molecule has 0 aromatic rings. The van der Waals surface area contributed by atoms with Gasteiger partial charge >= 0.3 is 0 Å². The Hall–Kier alpha value is -0.570. The molecule has 3 heteroatoms. The number of unbranched alkanes of at least 4 members (excludes halogenated alkanes) is 1. The van der Waals surface area contributed by atoms with E-state index in [0.29, 0.717) is 17.9 Å². The molecule has 0 spiro atoms. The quantitative estimate of drug-likeness (QED) is 0.835. The highest BCUT2D eigenvalue weighted by Crippen LogP contribution is 2.43. The van der Waals surface area contributed by atoms with Gasteiger partial charge < -0.3 is 4.90 Å². The second-order valence-electron chi connectivity index (χ2n) is 7.69. The molecule has 116 valence electrons. The van der Waals surface area contributed by atoms with E-state index >= 15 is 0 Å². The third-order valence-corrected chi connectivity index (χ3v) is 5.24. The fourth-order valence-corrected chi connectivity index (χ4v) is 3.97. The van der Waals surface area contributed by atoms with Crippen molar-refractivity contribution in [3.63, 3.8) is 0 Å². The van der Waals surface area contributed by atoms with Gasteiger partial charge in [-0.25, -0.2) is 0 Å². The largest absolute Gasteiger partial charge is 0.322 e. The van der Waals surface area contributed by atoms with Gasteiger partial charge in [0, 0.05) is 6.04 Å². The number of nitrogens with zero attached hydrogens (tertiary/aromatic N) is 1. The summed E-state index contributed by atoms with van der Waals surface area (Å²) in [5.41, 5.74) is 0.268. The van der Waals surface area contributed by atoms with Crippen LogP contribution in [0, 0.1) is 11.3 Å². The minimum atomic E-state index is 0.0544.